The van der Waals surface area contributed by atoms with Crippen molar-refractivity contribution < 1.29 is 0 Å². The Morgan fingerprint density at radius 2 is 1.28 bits per heavy atom. The molecule has 0 saturated heterocycles. The summed E-state index contributed by atoms with van der Waals surface area (Å²) in [5.41, 5.74) is 0. The Labute approximate surface area is 117 Å². The van der Waals surface area contributed by atoms with E-state index >= 15 is 0 Å². The summed E-state index contributed by atoms with van der Waals surface area (Å²) in [6, 6.07) is 21.8. The zero-order chi connectivity index (χ0) is 12.8. The van der Waals surface area contributed by atoms with Crippen LogP contribution in [0.4, 0.5) is 0 Å². The standard InChI is InChI=1S/C16H20S2/c1-18(14-8-13-17,15-9-4-2-5-10-15)16-11-6-3-7-12-16/h2-7,9-12,17H,8,13-14H2,1H3. The highest BCUT2D eigenvalue weighted by atomic mass is 32.3. The van der Waals surface area contributed by atoms with Crippen LogP contribution in [0.25, 0.3) is 0 Å². The molecule has 2 heteroatoms. The average molecular weight is 276 g/mol. The zero-order valence-electron chi connectivity index (χ0n) is 10.8. The van der Waals surface area contributed by atoms with E-state index in [1.165, 1.54) is 22.0 Å². The first kappa shape index (κ1) is 13.6. The monoisotopic (exact) mass is 276 g/mol. The van der Waals surface area contributed by atoms with Crippen molar-refractivity contribution in [3.05, 3.63) is 60.7 Å². The quantitative estimate of drug-likeness (QED) is 0.741. The number of thiol groups is 1. The van der Waals surface area contributed by atoms with E-state index in [0.717, 1.165) is 5.75 Å². The molecule has 0 nitrogen and oxygen atoms in total. The van der Waals surface area contributed by atoms with Gasteiger partial charge in [0.05, 0.1) is 0 Å². The van der Waals surface area contributed by atoms with Crippen molar-refractivity contribution in [1.82, 2.24) is 0 Å². The van der Waals surface area contributed by atoms with Gasteiger partial charge < -0.3 is 0 Å². The van der Waals surface area contributed by atoms with Crippen LogP contribution in [0.3, 0.4) is 0 Å². The first-order valence-corrected chi connectivity index (χ1v) is 9.09. The van der Waals surface area contributed by atoms with Crippen LogP contribution >= 0.6 is 22.7 Å². The lowest BCUT2D eigenvalue weighted by Gasteiger charge is -2.37. The van der Waals surface area contributed by atoms with Gasteiger partial charge in [0.25, 0.3) is 0 Å². The smallest absolute Gasteiger partial charge is 0.00617 e. The summed E-state index contributed by atoms with van der Waals surface area (Å²) in [5, 5.41) is 0. The van der Waals surface area contributed by atoms with Gasteiger partial charge in [0.1, 0.15) is 0 Å². The molecule has 0 saturated carbocycles. The summed E-state index contributed by atoms with van der Waals surface area (Å²) in [7, 11) is -0.907. The second-order valence-electron chi connectivity index (χ2n) is 4.50. The van der Waals surface area contributed by atoms with Crippen LogP contribution < -0.4 is 0 Å². The molecule has 0 aliphatic carbocycles. The average Bonchev–Trinajstić information content (AvgIpc) is 2.46. The molecular weight excluding hydrogens is 256 g/mol. The van der Waals surface area contributed by atoms with Crippen LogP contribution in [0.15, 0.2) is 70.5 Å². The van der Waals surface area contributed by atoms with E-state index in [2.05, 4.69) is 79.5 Å². The highest BCUT2D eigenvalue weighted by molar-refractivity contribution is 8.33. The van der Waals surface area contributed by atoms with Crippen LogP contribution in [-0.4, -0.2) is 17.8 Å². The van der Waals surface area contributed by atoms with Crippen molar-refractivity contribution in [2.24, 2.45) is 0 Å². The Morgan fingerprint density at radius 3 is 1.67 bits per heavy atom. The van der Waals surface area contributed by atoms with E-state index in [1.54, 1.807) is 0 Å². The van der Waals surface area contributed by atoms with Crippen LogP contribution in [0.5, 0.6) is 0 Å². The molecule has 0 spiro atoms. The van der Waals surface area contributed by atoms with Gasteiger partial charge in [-0.3, -0.25) is 0 Å². The molecule has 0 aliphatic heterocycles. The van der Waals surface area contributed by atoms with Gasteiger partial charge in [0.15, 0.2) is 0 Å². The fourth-order valence-corrected chi connectivity index (χ4v) is 5.52. The van der Waals surface area contributed by atoms with Crippen molar-refractivity contribution in [1.29, 1.82) is 0 Å². The van der Waals surface area contributed by atoms with E-state index in [0.29, 0.717) is 0 Å². The predicted molar refractivity (Wildman–Crippen MR) is 86.3 cm³/mol. The fraction of sp³-hybridized carbons (Fsp3) is 0.250. The van der Waals surface area contributed by atoms with Gasteiger partial charge in [0.2, 0.25) is 0 Å². The van der Waals surface area contributed by atoms with Crippen molar-refractivity contribution in [2.45, 2.75) is 16.2 Å². The molecule has 0 atom stereocenters. The lowest BCUT2D eigenvalue weighted by molar-refractivity contribution is 1.10. The molecule has 0 bridgehead atoms. The number of benzene rings is 2. The molecule has 0 fully saturated rings. The van der Waals surface area contributed by atoms with Crippen LogP contribution in [-0.2, 0) is 0 Å². The van der Waals surface area contributed by atoms with Gasteiger partial charge in [0, 0.05) is 0 Å². The molecule has 2 rings (SSSR count). The van der Waals surface area contributed by atoms with E-state index < -0.39 is 10.0 Å². The lowest BCUT2D eigenvalue weighted by atomic mass is 10.4. The number of rotatable bonds is 5. The van der Waals surface area contributed by atoms with Gasteiger partial charge in [-0.1, -0.05) is 36.4 Å². The molecule has 0 radical (unpaired) electrons. The van der Waals surface area contributed by atoms with Crippen LogP contribution in [0.1, 0.15) is 6.42 Å². The van der Waals surface area contributed by atoms with E-state index in [1.807, 2.05) is 0 Å². The molecule has 0 N–H and O–H groups in total. The summed E-state index contributed by atoms with van der Waals surface area (Å²) < 4.78 is 0. The summed E-state index contributed by atoms with van der Waals surface area (Å²) in [6.45, 7) is 0. The minimum Gasteiger partial charge on any atom is -0.191 e. The molecule has 96 valence electrons. The van der Waals surface area contributed by atoms with Crippen molar-refractivity contribution in [3.8, 4) is 0 Å². The molecule has 0 aliphatic rings. The Kier molecular flexibility index (Phi) is 4.79. The van der Waals surface area contributed by atoms with Gasteiger partial charge in [-0.25, -0.2) is 0 Å². The minimum atomic E-state index is -0.907. The maximum Gasteiger partial charge on any atom is -0.00617 e. The Morgan fingerprint density at radius 1 is 0.833 bits per heavy atom. The summed E-state index contributed by atoms with van der Waals surface area (Å²) in [5.74, 6) is 2.17. The Hall–Kier alpha value is -0.860. The highest BCUT2D eigenvalue weighted by Crippen LogP contribution is 2.59. The van der Waals surface area contributed by atoms with Crippen LogP contribution in [0.2, 0.25) is 0 Å². The van der Waals surface area contributed by atoms with Crippen molar-refractivity contribution in [2.75, 3.05) is 17.8 Å². The maximum atomic E-state index is 4.37. The van der Waals surface area contributed by atoms with Crippen molar-refractivity contribution >= 4 is 22.7 Å². The predicted octanol–water partition coefficient (Wildman–Crippen LogP) is 4.86. The maximum absolute atomic E-state index is 4.37. The Bertz CT molecular complexity index is 425. The molecule has 0 unspecified atom stereocenters. The van der Waals surface area contributed by atoms with Gasteiger partial charge >= 0.3 is 0 Å². The third-order valence-corrected chi connectivity index (χ3v) is 7.28. The molecule has 0 aromatic heterocycles. The molecule has 0 amide bonds. The highest BCUT2D eigenvalue weighted by Gasteiger charge is 2.22. The summed E-state index contributed by atoms with van der Waals surface area (Å²) in [4.78, 5) is 2.94. The third kappa shape index (κ3) is 2.93. The van der Waals surface area contributed by atoms with Crippen molar-refractivity contribution in [3.63, 3.8) is 0 Å². The van der Waals surface area contributed by atoms with E-state index in [4.69, 9.17) is 0 Å². The summed E-state index contributed by atoms with van der Waals surface area (Å²) in [6.07, 6.45) is 3.58. The molecule has 18 heavy (non-hydrogen) atoms. The third-order valence-electron chi connectivity index (χ3n) is 3.24. The Balaban J connectivity index is 2.41. The molecule has 0 heterocycles. The lowest BCUT2D eigenvalue weighted by Crippen LogP contribution is -2.05. The fourth-order valence-electron chi connectivity index (χ4n) is 2.17. The first-order chi connectivity index (χ1) is 8.77. The van der Waals surface area contributed by atoms with E-state index in [-0.39, 0.29) is 0 Å². The second kappa shape index (κ2) is 6.35. The van der Waals surface area contributed by atoms with Gasteiger partial charge in [-0.15, -0.1) is 0 Å². The molecule has 2 aromatic carbocycles. The molecular formula is C16H20S2. The van der Waals surface area contributed by atoms with Gasteiger partial charge in [-0.05, 0) is 58.2 Å². The summed E-state index contributed by atoms with van der Waals surface area (Å²) >= 11 is 4.37. The number of hydrogen-bond donors (Lipinski definition) is 1. The largest absolute Gasteiger partial charge is 0.191 e. The normalized spacial score (nSPS) is 12.3. The molecule has 2 aromatic rings. The van der Waals surface area contributed by atoms with Crippen LogP contribution in [0, 0.1) is 0 Å². The minimum absolute atomic E-state index is 0.907. The topological polar surface area (TPSA) is 0 Å². The van der Waals surface area contributed by atoms with Gasteiger partial charge in [-0.2, -0.15) is 22.7 Å². The second-order valence-corrected chi connectivity index (χ2v) is 8.47. The SMILES string of the molecule is CS(CCCS)(c1ccccc1)c1ccccc1. The van der Waals surface area contributed by atoms with E-state index in [9.17, 15) is 0 Å². The first-order valence-electron chi connectivity index (χ1n) is 6.24. The zero-order valence-corrected chi connectivity index (χ0v) is 12.5. The number of hydrogen-bond acceptors (Lipinski definition) is 1.